The molecule has 0 saturated carbocycles. The van der Waals surface area contributed by atoms with Crippen molar-refractivity contribution in [2.45, 2.75) is 0 Å². The lowest BCUT2D eigenvalue weighted by molar-refractivity contribution is 0.842. The van der Waals surface area contributed by atoms with E-state index in [2.05, 4.69) is 0 Å². The summed E-state index contributed by atoms with van der Waals surface area (Å²) >= 11 is 0. The van der Waals surface area contributed by atoms with E-state index in [9.17, 15) is 9.59 Å². The Balaban J connectivity index is 3.23. The monoisotopic (exact) mass is 187 g/mol. The molecule has 2 aliphatic rings. The minimum Gasteiger partial charge on any atom is -0.277 e. The van der Waals surface area contributed by atoms with E-state index >= 15 is 0 Å². The molecule has 1 aliphatic heterocycles. The Labute approximate surface area is 79.9 Å². The lowest BCUT2D eigenvalue weighted by atomic mass is 10.3. The van der Waals surface area contributed by atoms with Crippen molar-refractivity contribution in [2.75, 3.05) is 0 Å². The largest absolute Gasteiger partial charge is 0.277 e. The summed E-state index contributed by atoms with van der Waals surface area (Å²) in [4.78, 5) is 23.1. The van der Waals surface area contributed by atoms with Gasteiger partial charge in [0.15, 0.2) is 0 Å². The fraction of sp³-hybridized carbons (Fsp3) is 0.0909. The fourth-order valence-electron chi connectivity index (χ4n) is 1.44. The van der Waals surface area contributed by atoms with Gasteiger partial charge in [0.1, 0.15) is 0 Å². The van der Waals surface area contributed by atoms with Crippen LogP contribution in [0.25, 0.3) is 0 Å². The summed E-state index contributed by atoms with van der Waals surface area (Å²) in [7, 11) is 1.49. The molecule has 0 bridgehead atoms. The molecule has 2 rings (SSSR count). The van der Waals surface area contributed by atoms with E-state index in [0.29, 0.717) is 10.4 Å². The number of aromatic nitrogens is 1. The summed E-state index contributed by atoms with van der Waals surface area (Å²) in [5, 5.41) is 0.941. The van der Waals surface area contributed by atoms with E-state index in [4.69, 9.17) is 0 Å². The Bertz CT molecular complexity index is 587. The third-order valence-electron chi connectivity index (χ3n) is 2.22. The molecule has 3 heteroatoms. The van der Waals surface area contributed by atoms with Gasteiger partial charge in [0, 0.05) is 7.05 Å². The summed E-state index contributed by atoms with van der Waals surface area (Å²) < 4.78 is 1.13. The zero-order chi connectivity index (χ0) is 10.1. The second-order valence-corrected chi connectivity index (χ2v) is 3.10. The van der Waals surface area contributed by atoms with E-state index in [-0.39, 0.29) is 11.1 Å². The molecule has 0 radical (unpaired) electrons. The van der Waals surface area contributed by atoms with Gasteiger partial charge in [0.2, 0.25) is 0 Å². The Morgan fingerprint density at radius 3 is 1.71 bits per heavy atom. The topological polar surface area (TPSA) is 39.1 Å². The van der Waals surface area contributed by atoms with E-state index in [1.807, 2.05) is 12.1 Å². The average molecular weight is 187 g/mol. The van der Waals surface area contributed by atoms with Crippen LogP contribution in [0, 0.1) is 10.4 Å². The molecule has 14 heavy (non-hydrogen) atoms. The molecule has 0 aromatic carbocycles. The summed E-state index contributed by atoms with van der Waals surface area (Å²) in [6.45, 7) is 0. The Morgan fingerprint density at radius 1 is 0.857 bits per heavy atom. The molecule has 3 nitrogen and oxygen atoms in total. The molecule has 1 aliphatic carbocycles. The maximum absolute atomic E-state index is 11.6. The highest BCUT2D eigenvalue weighted by molar-refractivity contribution is 5.11. The van der Waals surface area contributed by atoms with E-state index in [0.717, 1.165) is 4.57 Å². The molecule has 0 aromatic heterocycles. The molecular formula is C11H9NO2. The van der Waals surface area contributed by atoms with Crippen LogP contribution in [0.5, 0.6) is 0 Å². The predicted octanol–water partition coefficient (Wildman–Crippen LogP) is 0.470. The van der Waals surface area contributed by atoms with Gasteiger partial charge in [-0.05, 0) is 12.1 Å². The van der Waals surface area contributed by atoms with Crippen molar-refractivity contribution in [3.8, 4) is 0 Å². The molecule has 0 amide bonds. The maximum Gasteiger partial charge on any atom is 0.261 e. The molecule has 0 atom stereocenters. The minimum absolute atomic E-state index is 0.235. The van der Waals surface area contributed by atoms with Crippen LogP contribution in [-0.4, -0.2) is 4.57 Å². The summed E-state index contributed by atoms with van der Waals surface area (Å²) in [6.07, 6.45) is 0. The summed E-state index contributed by atoms with van der Waals surface area (Å²) in [5.74, 6) is 0. The van der Waals surface area contributed by atoms with Gasteiger partial charge in [-0.3, -0.25) is 14.2 Å². The van der Waals surface area contributed by atoms with E-state index < -0.39 is 0 Å². The van der Waals surface area contributed by atoms with Crippen LogP contribution >= 0.6 is 0 Å². The summed E-state index contributed by atoms with van der Waals surface area (Å²) in [6, 6.07) is 10.5. The molecule has 0 N–H and O–H groups in total. The van der Waals surface area contributed by atoms with Crippen LogP contribution in [-0.2, 0) is 7.05 Å². The molecule has 0 fully saturated rings. The van der Waals surface area contributed by atoms with Crippen molar-refractivity contribution < 1.29 is 0 Å². The third kappa shape index (κ3) is 1.14. The van der Waals surface area contributed by atoms with Crippen molar-refractivity contribution in [1.82, 2.24) is 4.57 Å². The fourth-order valence-corrected chi connectivity index (χ4v) is 1.44. The highest BCUT2D eigenvalue weighted by atomic mass is 16.2. The van der Waals surface area contributed by atoms with E-state index in [1.54, 1.807) is 24.3 Å². The van der Waals surface area contributed by atoms with Gasteiger partial charge >= 0.3 is 0 Å². The molecule has 1 heterocycles. The quantitative estimate of drug-likeness (QED) is 0.601. The number of hydrogen-bond donors (Lipinski definition) is 0. The first-order valence-corrected chi connectivity index (χ1v) is 4.30. The van der Waals surface area contributed by atoms with E-state index in [1.165, 1.54) is 7.05 Å². The average Bonchev–Trinajstić information content (AvgIpc) is 2.31. The Morgan fingerprint density at radius 2 is 1.29 bits per heavy atom. The van der Waals surface area contributed by atoms with Gasteiger partial charge in [0.05, 0.1) is 10.4 Å². The molecular weight excluding hydrogens is 178 g/mol. The first-order chi connectivity index (χ1) is 6.72. The van der Waals surface area contributed by atoms with Crippen LogP contribution in [0.2, 0.25) is 0 Å². The SMILES string of the molecule is Cn1c(=O)c2ccccccc=2c1=O. The number of hydrogen-bond acceptors (Lipinski definition) is 2. The maximum atomic E-state index is 11.6. The summed E-state index contributed by atoms with van der Waals surface area (Å²) in [5.41, 5.74) is -0.470. The lowest BCUT2D eigenvalue weighted by Gasteiger charge is -1.79. The highest BCUT2D eigenvalue weighted by Crippen LogP contribution is 1.87. The predicted molar refractivity (Wildman–Crippen MR) is 53.3 cm³/mol. The van der Waals surface area contributed by atoms with Crippen molar-refractivity contribution in [1.29, 1.82) is 0 Å². The second-order valence-electron chi connectivity index (χ2n) is 3.10. The van der Waals surface area contributed by atoms with Gasteiger partial charge in [-0.1, -0.05) is 24.3 Å². The first kappa shape index (κ1) is 8.69. The van der Waals surface area contributed by atoms with Crippen LogP contribution in [0.15, 0.2) is 46.0 Å². The van der Waals surface area contributed by atoms with Crippen molar-refractivity contribution in [3.05, 3.63) is 67.5 Å². The first-order valence-electron chi connectivity index (χ1n) is 4.30. The highest BCUT2D eigenvalue weighted by Gasteiger charge is 2.02. The second kappa shape index (κ2) is 3.10. The Hall–Kier alpha value is -1.90. The molecule has 0 aromatic rings. The molecule has 70 valence electrons. The van der Waals surface area contributed by atoms with Crippen molar-refractivity contribution in [2.24, 2.45) is 7.05 Å². The normalized spacial score (nSPS) is 10.4. The zero-order valence-electron chi connectivity index (χ0n) is 7.73. The smallest absolute Gasteiger partial charge is 0.261 e. The minimum atomic E-state index is -0.235. The van der Waals surface area contributed by atoms with Gasteiger partial charge in [-0.15, -0.1) is 0 Å². The molecule has 0 saturated heterocycles. The van der Waals surface area contributed by atoms with Crippen LogP contribution in [0.1, 0.15) is 0 Å². The van der Waals surface area contributed by atoms with Gasteiger partial charge in [-0.25, -0.2) is 0 Å². The number of nitrogens with zero attached hydrogens (tertiary/aromatic N) is 1. The third-order valence-corrected chi connectivity index (χ3v) is 2.22. The molecule has 0 spiro atoms. The van der Waals surface area contributed by atoms with Crippen molar-refractivity contribution >= 4 is 0 Å². The Kier molecular flexibility index (Phi) is 1.93. The zero-order valence-corrected chi connectivity index (χ0v) is 7.73. The van der Waals surface area contributed by atoms with Gasteiger partial charge in [-0.2, -0.15) is 0 Å². The van der Waals surface area contributed by atoms with Crippen molar-refractivity contribution in [3.63, 3.8) is 0 Å². The standard InChI is InChI=1S/C11H9NO2/c1-12-10(13)8-6-4-2-3-5-7-9(8)11(12)14/h2-7H,1H3. The van der Waals surface area contributed by atoms with Gasteiger partial charge in [0.25, 0.3) is 11.1 Å². The molecule has 0 unspecified atom stereocenters. The number of rotatable bonds is 0. The van der Waals surface area contributed by atoms with Crippen LogP contribution < -0.4 is 11.1 Å². The lowest BCUT2D eigenvalue weighted by Crippen LogP contribution is -2.22. The van der Waals surface area contributed by atoms with Crippen LogP contribution in [0.4, 0.5) is 0 Å². The van der Waals surface area contributed by atoms with Gasteiger partial charge < -0.3 is 0 Å². The van der Waals surface area contributed by atoms with Crippen LogP contribution in [0.3, 0.4) is 0 Å².